The van der Waals surface area contributed by atoms with Crippen molar-refractivity contribution in [1.82, 2.24) is 0 Å². The van der Waals surface area contributed by atoms with Gasteiger partial charge in [-0.1, -0.05) is 46.3 Å². The van der Waals surface area contributed by atoms with Gasteiger partial charge >= 0.3 is 5.97 Å². The highest BCUT2D eigenvalue weighted by atomic mass is 79.9. The summed E-state index contributed by atoms with van der Waals surface area (Å²) in [5.74, 6) is 0.223. The highest BCUT2D eigenvalue weighted by Gasteiger charge is 2.07. The third-order valence-electron chi connectivity index (χ3n) is 2.30. The average molecular weight is 291 g/mol. The lowest BCUT2D eigenvalue weighted by atomic mass is 10.2. The van der Waals surface area contributed by atoms with Crippen LogP contribution in [0.3, 0.4) is 0 Å². The number of carbonyl (C=O) groups excluding carboxylic acids is 1. The minimum atomic E-state index is -0.336. The van der Waals surface area contributed by atoms with Crippen LogP contribution < -0.4 is 4.74 Å². The van der Waals surface area contributed by atoms with E-state index >= 15 is 0 Å². The number of carbonyl (C=O) groups is 1. The predicted octanol–water partition coefficient (Wildman–Crippen LogP) is 3.80. The van der Waals surface area contributed by atoms with E-state index in [1.165, 1.54) is 0 Å². The summed E-state index contributed by atoms with van der Waals surface area (Å²) in [6.45, 7) is 0. The van der Waals surface area contributed by atoms with E-state index < -0.39 is 0 Å². The van der Waals surface area contributed by atoms with Crippen LogP contribution >= 0.6 is 15.9 Å². The van der Waals surface area contributed by atoms with Crippen molar-refractivity contribution in [3.63, 3.8) is 0 Å². The van der Waals surface area contributed by atoms with Crippen molar-refractivity contribution in [2.24, 2.45) is 0 Å². The topological polar surface area (TPSA) is 26.3 Å². The summed E-state index contributed by atoms with van der Waals surface area (Å²) in [4.78, 5) is 11.7. The zero-order valence-electron chi connectivity index (χ0n) is 9.10. The van der Waals surface area contributed by atoms with Crippen molar-refractivity contribution in [2.75, 3.05) is 0 Å². The van der Waals surface area contributed by atoms with Crippen LogP contribution in [0.2, 0.25) is 0 Å². The molecule has 0 aliphatic heterocycles. The Bertz CT molecular complexity index is 491. The van der Waals surface area contributed by atoms with Gasteiger partial charge in [0.2, 0.25) is 0 Å². The lowest BCUT2D eigenvalue weighted by Crippen LogP contribution is -2.07. The van der Waals surface area contributed by atoms with Crippen LogP contribution in [0.5, 0.6) is 5.75 Å². The highest BCUT2D eigenvalue weighted by molar-refractivity contribution is 9.08. The number of esters is 1. The third kappa shape index (κ3) is 3.17. The Morgan fingerprint density at radius 2 is 1.65 bits per heavy atom. The van der Waals surface area contributed by atoms with E-state index in [-0.39, 0.29) is 5.97 Å². The first kappa shape index (κ1) is 11.9. The molecule has 0 saturated heterocycles. The van der Waals surface area contributed by atoms with Gasteiger partial charge in [0.05, 0.1) is 5.56 Å². The highest BCUT2D eigenvalue weighted by Crippen LogP contribution is 2.15. The molecule has 0 N–H and O–H groups in total. The Hall–Kier alpha value is -1.61. The second-order valence-electron chi connectivity index (χ2n) is 3.53. The fourth-order valence-corrected chi connectivity index (χ4v) is 1.76. The number of alkyl halides is 1. The molecular weight excluding hydrogens is 280 g/mol. The molecule has 0 saturated carbocycles. The Labute approximate surface area is 108 Å². The second-order valence-corrected chi connectivity index (χ2v) is 4.09. The van der Waals surface area contributed by atoms with Crippen molar-refractivity contribution in [1.29, 1.82) is 0 Å². The average Bonchev–Trinajstić information content (AvgIpc) is 2.40. The van der Waals surface area contributed by atoms with Crippen LogP contribution in [0, 0.1) is 0 Å². The molecule has 0 atom stereocenters. The molecule has 86 valence electrons. The number of rotatable bonds is 3. The number of ether oxygens (including phenoxy) is 1. The Kier molecular flexibility index (Phi) is 3.94. The Balaban J connectivity index is 2.08. The van der Waals surface area contributed by atoms with E-state index in [0.717, 1.165) is 10.9 Å². The summed E-state index contributed by atoms with van der Waals surface area (Å²) in [6, 6.07) is 16.4. The zero-order valence-corrected chi connectivity index (χ0v) is 10.7. The normalized spacial score (nSPS) is 9.94. The molecule has 0 heterocycles. The van der Waals surface area contributed by atoms with E-state index in [4.69, 9.17) is 4.74 Å². The van der Waals surface area contributed by atoms with Gasteiger partial charge in [-0.15, -0.1) is 0 Å². The largest absolute Gasteiger partial charge is 0.423 e. The minimum Gasteiger partial charge on any atom is -0.423 e. The number of halogens is 1. The molecule has 0 spiro atoms. The van der Waals surface area contributed by atoms with Crippen LogP contribution in [-0.4, -0.2) is 5.97 Å². The van der Waals surface area contributed by atoms with Gasteiger partial charge in [0, 0.05) is 5.33 Å². The van der Waals surface area contributed by atoms with Gasteiger partial charge in [-0.25, -0.2) is 4.79 Å². The van der Waals surface area contributed by atoms with E-state index in [1.807, 2.05) is 30.3 Å². The first-order valence-corrected chi connectivity index (χ1v) is 6.34. The van der Waals surface area contributed by atoms with E-state index in [2.05, 4.69) is 15.9 Å². The lowest BCUT2D eigenvalue weighted by Gasteiger charge is -2.04. The smallest absolute Gasteiger partial charge is 0.343 e. The summed E-state index contributed by atoms with van der Waals surface area (Å²) in [7, 11) is 0. The van der Waals surface area contributed by atoms with Crippen molar-refractivity contribution in [3.8, 4) is 5.75 Å². The number of hydrogen-bond donors (Lipinski definition) is 0. The van der Waals surface area contributed by atoms with E-state index in [0.29, 0.717) is 11.3 Å². The predicted molar refractivity (Wildman–Crippen MR) is 70.5 cm³/mol. The summed E-state index contributed by atoms with van der Waals surface area (Å²) < 4.78 is 5.25. The molecule has 2 aromatic rings. The van der Waals surface area contributed by atoms with Crippen LogP contribution in [0.1, 0.15) is 15.9 Å². The fourth-order valence-electron chi connectivity index (χ4n) is 1.39. The molecular formula is C14H11BrO2. The quantitative estimate of drug-likeness (QED) is 0.488. The SMILES string of the molecule is O=C(Oc1ccc(CBr)cc1)c1ccccc1. The van der Waals surface area contributed by atoms with Gasteiger partial charge in [0.15, 0.2) is 0 Å². The molecule has 0 amide bonds. The summed E-state index contributed by atoms with van der Waals surface area (Å²) in [6.07, 6.45) is 0. The molecule has 3 heteroatoms. The molecule has 0 aromatic heterocycles. The van der Waals surface area contributed by atoms with Gasteiger partial charge in [-0.2, -0.15) is 0 Å². The standard InChI is InChI=1S/C14H11BrO2/c15-10-11-6-8-13(9-7-11)17-14(16)12-4-2-1-3-5-12/h1-9H,10H2. The monoisotopic (exact) mass is 290 g/mol. The van der Waals surface area contributed by atoms with Crippen LogP contribution in [0.4, 0.5) is 0 Å². The Morgan fingerprint density at radius 1 is 1.00 bits per heavy atom. The van der Waals surface area contributed by atoms with Crippen molar-refractivity contribution < 1.29 is 9.53 Å². The summed E-state index contributed by atoms with van der Waals surface area (Å²) >= 11 is 3.36. The first-order valence-electron chi connectivity index (χ1n) is 5.22. The second kappa shape index (κ2) is 5.64. The van der Waals surface area contributed by atoms with Gasteiger partial charge in [-0.05, 0) is 29.8 Å². The van der Waals surface area contributed by atoms with Crippen molar-refractivity contribution >= 4 is 21.9 Å². The Morgan fingerprint density at radius 3 is 2.24 bits per heavy atom. The minimum absolute atomic E-state index is 0.336. The maximum absolute atomic E-state index is 11.7. The van der Waals surface area contributed by atoms with E-state index in [9.17, 15) is 4.79 Å². The van der Waals surface area contributed by atoms with E-state index in [1.54, 1.807) is 24.3 Å². The summed E-state index contributed by atoms with van der Waals surface area (Å²) in [5, 5.41) is 0.792. The molecule has 0 radical (unpaired) electrons. The molecule has 0 unspecified atom stereocenters. The maximum atomic E-state index is 11.7. The number of hydrogen-bond acceptors (Lipinski definition) is 2. The maximum Gasteiger partial charge on any atom is 0.343 e. The van der Waals surface area contributed by atoms with Gasteiger partial charge < -0.3 is 4.74 Å². The molecule has 0 fully saturated rings. The third-order valence-corrected chi connectivity index (χ3v) is 2.95. The van der Waals surface area contributed by atoms with Gasteiger partial charge in [0.1, 0.15) is 5.75 Å². The lowest BCUT2D eigenvalue weighted by molar-refractivity contribution is 0.0735. The molecule has 2 nitrogen and oxygen atoms in total. The molecule has 0 aliphatic rings. The molecule has 0 aliphatic carbocycles. The first-order chi connectivity index (χ1) is 8.29. The molecule has 17 heavy (non-hydrogen) atoms. The van der Waals surface area contributed by atoms with Crippen LogP contribution in [0.25, 0.3) is 0 Å². The van der Waals surface area contributed by atoms with Crippen LogP contribution in [0.15, 0.2) is 54.6 Å². The zero-order chi connectivity index (χ0) is 12.1. The van der Waals surface area contributed by atoms with Gasteiger partial charge in [0.25, 0.3) is 0 Å². The number of benzene rings is 2. The van der Waals surface area contributed by atoms with Gasteiger partial charge in [-0.3, -0.25) is 0 Å². The van der Waals surface area contributed by atoms with Crippen LogP contribution in [-0.2, 0) is 5.33 Å². The molecule has 0 bridgehead atoms. The van der Waals surface area contributed by atoms with Crippen molar-refractivity contribution in [2.45, 2.75) is 5.33 Å². The molecule has 2 rings (SSSR count). The van der Waals surface area contributed by atoms with Crippen molar-refractivity contribution in [3.05, 3.63) is 65.7 Å². The summed E-state index contributed by atoms with van der Waals surface area (Å²) in [5.41, 5.74) is 1.70. The molecule has 2 aromatic carbocycles. The fraction of sp³-hybridized carbons (Fsp3) is 0.0714.